The first-order chi connectivity index (χ1) is 8.92. The molecule has 0 bridgehead atoms. The maximum absolute atomic E-state index is 12.2. The summed E-state index contributed by atoms with van der Waals surface area (Å²) in [7, 11) is -3.48. The minimum Gasteiger partial charge on any atom is -0.391 e. The highest BCUT2D eigenvalue weighted by atomic mass is 79.9. The molecule has 2 rings (SSSR count). The Balaban J connectivity index is 2.03. The average Bonchev–Trinajstić information content (AvgIpc) is 2.93. The lowest BCUT2D eigenvalue weighted by molar-refractivity contribution is 0.285. The summed E-state index contributed by atoms with van der Waals surface area (Å²) in [6, 6.07) is 1.52. The van der Waals surface area contributed by atoms with Crippen LogP contribution in [-0.2, 0) is 16.6 Å². The van der Waals surface area contributed by atoms with Gasteiger partial charge in [-0.2, -0.15) is 0 Å². The van der Waals surface area contributed by atoms with E-state index in [1.807, 2.05) is 0 Å². The Labute approximate surface area is 126 Å². The van der Waals surface area contributed by atoms with E-state index in [1.54, 1.807) is 0 Å². The van der Waals surface area contributed by atoms with Gasteiger partial charge >= 0.3 is 0 Å². The molecular weight excluding hydrogens is 350 g/mol. The zero-order valence-corrected chi connectivity index (χ0v) is 13.9. The van der Waals surface area contributed by atoms with Crippen molar-refractivity contribution in [3.63, 3.8) is 0 Å². The molecule has 2 atom stereocenters. The number of aliphatic hydroxyl groups is 1. The second kappa shape index (κ2) is 6.22. The lowest BCUT2D eigenvalue weighted by Gasteiger charge is -2.11. The molecule has 0 amide bonds. The molecule has 1 heterocycles. The van der Waals surface area contributed by atoms with Crippen molar-refractivity contribution in [1.82, 2.24) is 4.72 Å². The maximum Gasteiger partial charge on any atom is 0.242 e. The van der Waals surface area contributed by atoms with Gasteiger partial charge in [0.1, 0.15) is 4.90 Å². The Hall–Kier alpha value is 0.0500. The number of nitrogens with one attached hydrogen (secondary N) is 1. The Morgan fingerprint density at radius 3 is 2.79 bits per heavy atom. The summed E-state index contributed by atoms with van der Waals surface area (Å²) in [5.41, 5.74) is 0. The van der Waals surface area contributed by atoms with Crippen LogP contribution in [0.3, 0.4) is 0 Å². The molecule has 0 radical (unpaired) electrons. The fourth-order valence-corrected chi connectivity index (χ4v) is 6.13. The Morgan fingerprint density at radius 1 is 1.53 bits per heavy atom. The summed E-state index contributed by atoms with van der Waals surface area (Å²) in [6.45, 7) is 2.57. The number of halogens is 1. The smallest absolute Gasteiger partial charge is 0.242 e. The Kier molecular flexibility index (Phi) is 5.05. The summed E-state index contributed by atoms with van der Waals surface area (Å²) >= 11 is 4.49. The van der Waals surface area contributed by atoms with Gasteiger partial charge in [-0.15, -0.1) is 11.3 Å². The first-order valence-corrected chi connectivity index (χ1v) is 9.40. The normalized spacial score (nSPS) is 23.9. The third-order valence-electron chi connectivity index (χ3n) is 3.52. The SMILES string of the molecule is CC1CCC(CNS(=O)(=O)c2cc(CO)sc2Br)C1. The lowest BCUT2D eigenvalue weighted by atomic mass is 10.1. The van der Waals surface area contributed by atoms with Crippen LogP contribution in [-0.4, -0.2) is 20.1 Å². The second-order valence-corrected chi connectivity index (χ2v) is 9.33. The van der Waals surface area contributed by atoms with Gasteiger partial charge in [-0.25, -0.2) is 13.1 Å². The van der Waals surface area contributed by atoms with Gasteiger partial charge in [0, 0.05) is 11.4 Å². The quantitative estimate of drug-likeness (QED) is 0.840. The zero-order chi connectivity index (χ0) is 14.0. The van der Waals surface area contributed by atoms with Crippen molar-refractivity contribution in [2.75, 3.05) is 6.54 Å². The van der Waals surface area contributed by atoms with Gasteiger partial charge < -0.3 is 5.11 Å². The minimum atomic E-state index is -3.48. The standard InChI is InChI=1S/C12H18BrNO3S2/c1-8-2-3-9(4-8)6-14-19(16,17)11-5-10(7-15)18-12(11)13/h5,8-9,14-15H,2-4,6-7H2,1H3. The van der Waals surface area contributed by atoms with Crippen molar-refractivity contribution in [1.29, 1.82) is 0 Å². The fourth-order valence-electron chi connectivity index (χ4n) is 2.47. The molecule has 0 aliphatic heterocycles. The highest BCUT2D eigenvalue weighted by Gasteiger charge is 2.25. The van der Waals surface area contributed by atoms with Gasteiger partial charge in [-0.1, -0.05) is 13.3 Å². The van der Waals surface area contributed by atoms with Gasteiger partial charge in [0.15, 0.2) is 0 Å². The van der Waals surface area contributed by atoms with Crippen LogP contribution in [0.1, 0.15) is 31.1 Å². The molecule has 108 valence electrons. The summed E-state index contributed by atoms with van der Waals surface area (Å²) in [6.07, 6.45) is 3.37. The van der Waals surface area contributed by atoms with Crippen molar-refractivity contribution in [3.05, 3.63) is 14.7 Å². The molecule has 1 aliphatic rings. The molecule has 1 aromatic rings. The van der Waals surface area contributed by atoms with Crippen LogP contribution in [0.25, 0.3) is 0 Å². The highest BCUT2D eigenvalue weighted by molar-refractivity contribution is 9.11. The summed E-state index contributed by atoms with van der Waals surface area (Å²) in [4.78, 5) is 0.870. The molecule has 2 N–H and O–H groups in total. The number of hydrogen-bond acceptors (Lipinski definition) is 4. The number of sulfonamides is 1. The van der Waals surface area contributed by atoms with Gasteiger partial charge in [0.05, 0.1) is 10.4 Å². The minimum absolute atomic E-state index is 0.140. The van der Waals surface area contributed by atoms with Gasteiger partial charge in [0.2, 0.25) is 10.0 Å². The number of hydrogen-bond donors (Lipinski definition) is 2. The van der Waals surface area contributed by atoms with Crippen molar-refractivity contribution >= 4 is 37.3 Å². The third kappa shape index (κ3) is 3.78. The molecule has 1 fully saturated rings. The van der Waals surface area contributed by atoms with Crippen molar-refractivity contribution < 1.29 is 13.5 Å². The van der Waals surface area contributed by atoms with E-state index in [4.69, 9.17) is 5.11 Å². The number of thiophene rings is 1. The van der Waals surface area contributed by atoms with E-state index in [9.17, 15) is 8.42 Å². The monoisotopic (exact) mass is 367 g/mol. The molecule has 2 unspecified atom stereocenters. The van der Waals surface area contributed by atoms with Crippen molar-refractivity contribution in [2.45, 2.75) is 37.7 Å². The summed E-state index contributed by atoms with van der Waals surface area (Å²) < 4.78 is 27.6. The van der Waals surface area contributed by atoms with Crippen LogP contribution in [0.2, 0.25) is 0 Å². The first kappa shape index (κ1) is 15.4. The number of rotatable bonds is 5. The van der Waals surface area contributed by atoms with Crippen LogP contribution < -0.4 is 4.72 Å². The molecule has 19 heavy (non-hydrogen) atoms. The molecule has 0 spiro atoms. The summed E-state index contributed by atoms with van der Waals surface area (Å²) in [5.74, 6) is 1.14. The van der Waals surface area contributed by atoms with Gasteiger partial charge in [0.25, 0.3) is 0 Å². The predicted octanol–water partition coefficient (Wildman–Crippen LogP) is 2.72. The van der Waals surface area contributed by atoms with Crippen LogP contribution in [0, 0.1) is 11.8 Å². The van der Waals surface area contributed by atoms with E-state index in [1.165, 1.54) is 23.8 Å². The van der Waals surface area contributed by atoms with E-state index in [2.05, 4.69) is 27.6 Å². The fraction of sp³-hybridized carbons (Fsp3) is 0.667. The van der Waals surface area contributed by atoms with E-state index in [-0.39, 0.29) is 11.5 Å². The number of aliphatic hydroxyl groups excluding tert-OH is 1. The Bertz CT molecular complexity index is 541. The molecule has 1 saturated carbocycles. The van der Waals surface area contributed by atoms with Gasteiger partial charge in [-0.05, 0) is 46.7 Å². The van der Waals surface area contributed by atoms with Crippen molar-refractivity contribution in [2.24, 2.45) is 11.8 Å². The zero-order valence-electron chi connectivity index (χ0n) is 10.7. The third-order valence-corrected chi connectivity index (χ3v) is 7.18. The largest absolute Gasteiger partial charge is 0.391 e. The molecule has 7 heteroatoms. The molecule has 1 aromatic heterocycles. The van der Waals surface area contributed by atoms with Crippen LogP contribution in [0.15, 0.2) is 14.7 Å². The molecular formula is C12H18BrNO3S2. The van der Waals surface area contributed by atoms with Crippen LogP contribution in [0.5, 0.6) is 0 Å². The molecule has 0 aromatic carbocycles. The van der Waals surface area contributed by atoms with Crippen molar-refractivity contribution in [3.8, 4) is 0 Å². The predicted molar refractivity (Wildman–Crippen MR) is 79.6 cm³/mol. The topological polar surface area (TPSA) is 66.4 Å². The lowest BCUT2D eigenvalue weighted by Crippen LogP contribution is -2.28. The van der Waals surface area contributed by atoms with E-state index in [0.717, 1.165) is 12.8 Å². The molecule has 0 saturated heterocycles. The molecule has 4 nitrogen and oxygen atoms in total. The van der Waals surface area contributed by atoms with E-state index < -0.39 is 10.0 Å². The Morgan fingerprint density at radius 2 is 2.26 bits per heavy atom. The first-order valence-electron chi connectivity index (χ1n) is 6.31. The van der Waals surface area contributed by atoms with E-state index >= 15 is 0 Å². The average molecular weight is 368 g/mol. The maximum atomic E-state index is 12.2. The van der Waals surface area contributed by atoms with Crippen LogP contribution in [0.4, 0.5) is 0 Å². The second-order valence-electron chi connectivity index (χ2n) is 5.14. The highest BCUT2D eigenvalue weighted by Crippen LogP contribution is 2.33. The van der Waals surface area contributed by atoms with Crippen LogP contribution >= 0.6 is 27.3 Å². The molecule has 1 aliphatic carbocycles. The van der Waals surface area contributed by atoms with Gasteiger partial charge in [-0.3, -0.25) is 0 Å². The summed E-state index contributed by atoms with van der Waals surface area (Å²) in [5, 5.41) is 9.05. The van der Waals surface area contributed by atoms with E-state index in [0.29, 0.717) is 27.0 Å².